The molecule has 0 aliphatic carbocycles. The maximum absolute atomic E-state index is 9.21. The van der Waals surface area contributed by atoms with E-state index < -0.39 is 5.54 Å². The van der Waals surface area contributed by atoms with Crippen LogP contribution in [0, 0.1) is 11.8 Å². The highest BCUT2D eigenvalue weighted by molar-refractivity contribution is 5.23. The standard InChI is InChI=1S/C19H33NO2/c1-15(2)4-5-16(3)12-18-8-6-17(7-9-18)10-11-19(20,13-21)14-22/h6-9,15-16,21-22H,4-5,10-14,20H2,1-3H3. The second kappa shape index (κ2) is 9.29. The molecule has 0 aromatic heterocycles. The molecule has 0 amide bonds. The minimum absolute atomic E-state index is 0.186. The Morgan fingerprint density at radius 1 is 0.955 bits per heavy atom. The summed E-state index contributed by atoms with van der Waals surface area (Å²) in [6, 6.07) is 8.66. The minimum Gasteiger partial charge on any atom is -0.394 e. The van der Waals surface area contributed by atoms with Gasteiger partial charge in [0.25, 0.3) is 0 Å². The van der Waals surface area contributed by atoms with Crippen LogP contribution in [0.15, 0.2) is 24.3 Å². The molecule has 1 aromatic carbocycles. The van der Waals surface area contributed by atoms with Gasteiger partial charge in [0, 0.05) is 0 Å². The molecule has 3 nitrogen and oxygen atoms in total. The number of aliphatic hydroxyl groups is 2. The van der Waals surface area contributed by atoms with E-state index in [-0.39, 0.29) is 13.2 Å². The highest BCUT2D eigenvalue weighted by Gasteiger charge is 2.22. The molecular formula is C19H33NO2. The summed E-state index contributed by atoms with van der Waals surface area (Å²) in [5.41, 5.74) is 7.61. The topological polar surface area (TPSA) is 66.5 Å². The van der Waals surface area contributed by atoms with Crippen molar-refractivity contribution >= 4 is 0 Å². The van der Waals surface area contributed by atoms with Gasteiger partial charge in [0.1, 0.15) is 0 Å². The van der Waals surface area contributed by atoms with Crippen LogP contribution in [-0.2, 0) is 12.8 Å². The first-order valence-corrected chi connectivity index (χ1v) is 8.47. The van der Waals surface area contributed by atoms with Crippen molar-refractivity contribution in [2.45, 2.75) is 58.4 Å². The zero-order chi connectivity index (χ0) is 16.6. The molecule has 0 radical (unpaired) electrons. The van der Waals surface area contributed by atoms with Crippen LogP contribution in [0.2, 0.25) is 0 Å². The molecule has 0 saturated heterocycles. The summed E-state index contributed by atoms with van der Waals surface area (Å²) in [6.07, 6.45) is 5.06. The Balaban J connectivity index is 2.46. The Morgan fingerprint density at radius 3 is 2.00 bits per heavy atom. The van der Waals surface area contributed by atoms with E-state index in [0.717, 1.165) is 18.8 Å². The van der Waals surface area contributed by atoms with Crippen molar-refractivity contribution in [1.82, 2.24) is 0 Å². The lowest BCUT2D eigenvalue weighted by Gasteiger charge is -2.24. The second-order valence-corrected chi connectivity index (χ2v) is 7.28. The first kappa shape index (κ1) is 19.1. The lowest BCUT2D eigenvalue weighted by atomic mass is 9.91. The Labute approximate surface area is 135 Å². The number of hydrogen-bond acceptors (Lipinski definition) is 3. The largest absolute Gasteiger partial charge is 0.394 e. The molecule has 22 heavy (non-hydrogen) atoms. The van der Waals surface area contributed by atoms with Crippen molar-refractivity contribution in [2.75, 3.05) is 13.2 Å². The summed E-state index contributed by atoms with van der Waals surface area (Å²) >= 11 is 0. The molecule has 0 fully saturated rings. The van der Waals surface area contributed by atoms with Crippen LogP contribution >= 0.6 is 0 Å². The maximum Gasteiger partial charge on any atom is 0.0633 e. The predicted octanol–water partition coefficient (Wildman–Crippen LogP) is 2.92. The van der Waals surface area contributed by atoms with Gasteiger partial charge in [0.15, 0.2) is 0 Å². The highest BCUT2D eigenvalue weighted by atomic mass is 16.3. The fourth-order valence-corrected chi connectivity index (χ4v) is 2.57. The molecule has 4 N–H and O–H groups in total. The monoisotopic (exact) mass is 307 g/mol. The average molecular weight is 307 g/mol. The summed E-state index contributed by atoms with van der Waals surface area (Å²) in [7, 11) is 0. The van der Waals surface area contributed by atoms with Gasteiger partial charge in [-0.1, -0.05) is 57.9 Å². The summed E-state index contributed by atoms with van der Waals surface area (Å²) in [4.78, 5) is 0. The number of rotatable bonds is 10. The first-order valence-electron chi connectivity index (χ1n) is 8.47. The Bertz CT molecular complexity index is 410. The molecule has 0 heterocycles. The van der Waals surface area contributed by atoms with E-state index in [0.29, 0.717) is 12.3 Å². The first-order chi connectivity index (χ1) is 10.4. The summed E-state index contributed by atoms with van der Waals surface area (Å²) in [5.74, 6) is 1.49. The third-order valence-electron chi connectivity index (χ3n) is 4.39. The number of aliphatic hydroxyl groups excluding tert-OH is 2. The maximum atomic E-state index is 9.21. The van der Waals surface area contributed by atoms with Crippen molar-refractivity contribution in [3.8, 4) is 0 Å². The summed E-state index contributed by atoms with van der Waals surface area (Å²) < 4.78 is 0. The zero-order valence-electron chi connectivity index (χ0n) is 14.4. The molecule has 0 aliphatic rings. The van der Waals surface area contributed by atoms with Crippen LogP contribution in [0.4, 0.5) is 0 Å². The van der Waals surface area contributed by atoms with E-state index in [2.05, 4.69) is 45.0 Å². The normalized spacial score (nSPS) is 13.6. The molecule has 1 rings (SSSR count). The summed E-state index contributed by atoms with van der Waals surface area (Å²) in [6.45, 7) is 6.50. The molecular weight excluding hydrogens is 274 g/mol. The lowest BCUT2D eigenvalue weighted by Crippen LogP contribution is -2.47. The quantitative estimate of drug-likeness (QED) is 0.622. The second-order valence-electron chi connectivity index (χ2n) is 7.28. The van der Waals surface area contributed by atoms with Crippen molar-refractivity contribution in [2.24, 2.45) is 17.6 Å². The van der Waals surface area contributed by atoms with Crippen molar-refractivity contribution in [1.29, 1.82) is 0 Å². The minimum atomic E-state index is -0.871. The van der Waals surface area contributed by atoms with E-state index in [1.165, 1.54) is 24.0 Å². The Kier molecular flexibility index (Phi) is 8.08. The Morgan fingerprint density at radius 2 is 1.50 bits per heavy atom. The van der Waals surface area contributed by atoms with Gasteiger partial charge >= 0.3 is 0 Å². The number of nitrogens with two attached hydrogens (primary N) is 1. The predicted molar refractivity (Wildman–Crippen MR) is 92.8 cm³/mol. The number of benzene rings is 1. The van der Waals surface area contributed by atoms with E-state index in [1.54, 1.807) is 0 Å². The summed E-state index contributed by atoms with van der Waals surface area (Å²) in [5, 5.41) is 18.4. The van der Waals surface area contributed by atoms with Crippen LogP contribution in [0.1, 0.15) is 51.2 Å². The molecule has 126 valence electrons. The molecule has 1 atom stereocenters. The van der Waals surface area contributed by atoms with Crippen molar-refractivity contribution in [3.05, 3.63) is 35.4 Å². The van der Waals surface area contributed by atoms with Gasteiger partial charge in [-0.2, -0.15) is 0 Å². The molecule has 3 heteroatoms. The Hall–Kier alpha value is -0.900. The molecule has 0 saturated carbocycles. The third kappa shape index (κ3) is 6.91. The fraction of sp³-hybridized carbons (Fsp3) is 0.684. The van der Waals surface area contributed by atoms with Crippen LogP contribution in [0.3, 0.4) is 0 Å². The van der Waals surface area contributed by atoms with Crippen LogP contribution < -0.4 is 5.73 Å². The number of hydrogen-bond donors (Lipinski definition) is 3. The van der Waals surface area contributed by atoms with Gasteiger partial charge in [0.2, 0.25) is 0 Å². The molecule has 1 aromatic rings. The van der Waals surface area contributed by atoms with E-state index >= 15 is 0 Å². The van der Waals surface area contributed by atoms with Crippen molar-refractivity contribution in [3.63, 3.8) is 0 Å². The van der Waals surface area contributed by atoms with Gasteiger partial charge < -0.3 is 15.9 Å². The van der Waals surface area contributed by atoms with Gasteiger partial charge in [-0.25, -0.2) is 0 Å². The van der Waals surface area contributed by atoms with Crippen LogP contribution in [0.5, 0.6) is 0 Å². The van der Waals surface area contributed by atoms with Gasteiger partial charge in [-0.15, -0.1) is 0 Å². The SMILES string of the molecule is CC(C)CCC(C)Cc1ccc(CCC(N)(CO)CO)cc1. The van der Waals surface area contributed by atoms with Crippen LogP contribution in [0.25, 0.3) is 0 Å². The fourth-order valence-electron chi connectivity index (χ4n) is 2.57. The van der Waals surface area contributed by atoms with Gasteiger partial charge in [-0.05, 0) is 42.2 Å². The third-order valence-corrected chi connectivity index (χ3v) is 4.39. The van der Waals surface area contributed by atoms with E-state index in [9.17, 15) is 10.2 Å². The van der Waals surface area contributed by atoms with E-state index in [1.807, 2.05) is 0 Å². The molecule has 0 aliphatic heterocycles. The molecule has 0 bridgehead atoms. The lowest BCUT2D eigenvalue weighted by molar-refractivity contribution is 0.115. The van der Waals surface area contributed by atoms with Crippen molar-refractivity contribution < 1.29 is 10.2 Å². The smallest absolute Gasteiger partial charge is 0.0633 e. The van der Waals surface area contributed by atoms with Gasteiger partial charge in [0.05, 0.1) is 18.8 Å². The number of aryl methyl sites for hydroxylation is 1. The highest BCUT2D eigenvalue weighted by Crippen LogP contribution is 2.18. The molecule has 0 spiro atoms. The van der Waals surface area contributed by atoms with Gasteiger partial charge in [-0.3, -0.25) is 0 Å². The molecule has 1 unspecified atom stereocenters. The zero-order valence-corrected chi connectivity index (χ0v) is 14.4. The average Bonchev–Trinajstić information content (AvgIpc) is 2.52. The van der Waals surface area contributed by atoms with Crippen LogP contribution in [-0.4, -0.2) is 29.0 Å². The van der Waals surface area contributed by atoms with E-state index in [4.69, 9.17) is 5.73 Å².